The zero-order valence-electron chi connectivity index (χ0n) is 11.7. The molecule has 2 heterocycles. The van der Waals surface area contributed by atoms with Crippen LogP contribution < -0.4 is 15.5 Å². The summed E-state index contributed by atoms with van der Waals surface area (Å²) in [6, 6.07) is 5.58. The Bertz CT molecular complexity index is 414. The zero-order valence-corrected chi connectivity index (χ0v) is 11.7. The third kappa shape index (κ3) is 3.00. The van der Waals surface area contributed by atoms with Gasteiger partial charge >= 0.3 is 0 Å². The van der Waals surface area contributed by atoms with Crippen LogP contribution in [0, 0.1) is 0 Å². The van der Waals surface area contributed by atoms with Crippen LogP contribution in [-0.2, 0) is 0 Å². The maximum Gasteiger partial charge on any atom is 0.128 e. The van der Waals surface area contributed by atoms with Crippen molar-refractivity contribution < 1.29 is 0 Å². The third-order valence-corrected chi connectivity index (χ3v) is 4.41. The summed E-state index contributed by atoms with van der Waals surface area (Å²) in [5, 5.41) is 6.94. The summed E-state index contributed by atoms with van der Waals surface area (Å²) >= 11 is 0. The van der Waals surface area contributed by atoms with E-state index in [1.54, 1.807) is 0 Å². The van der Waals surface area contributed by atoms with E-state index < -0.39 is 0 Å². The van der Waals surface area contributed by atoms with Gasteiger partial charge in [-0.15, -0.1) is 0 Å². The van der Waals surface area contributed by atoms with Gasteiger partial charge in [0.1, 0.15) is 5.82 Å². The molecule has 1 saturated carbocycles. The average Bonchev–Trinajstić information content (AvgIpc) is 3.09. The first-order valence-electron chi connectivity index (χ1n) is 7.50. The second-order valence-electron chi connectivity index (χ2n) is 5.75. The van der Waals surface area contributed by atoms with Gasteiger partial charge in [-0.3, -0.25) is 0 Å². The normalized spacial score (nSPS) is 24.1. The monoisotopic (exact) mass is 260 g/mol. The Morgan fingerprint density at radius 2 is 2.05 bits per heavy atom. The lowest BCUT2D eigenvalue weighted by molar-refractivity contribution is 0.617. The number of anilines is 2. The zero-order chi connectivity index (χ0) is 13.1. The smallest absolute Gasteiger partial charge is 0.128 e. The van der Waals surface area contributed by atoms with Gasteiger partial charge in [-0.2, -0.15) is 0 Å². The summed E-state index contributed by atoms with van der Waals surface area (Å²) in [4.78, 5) is 6.91. The first-order chi connectivity index (χ1) is 9.35. The van der Waals surface area contributed by atoms with Crippen LogP contribution in [0.4, 0.5) is 11.5 Å². The molecule has 4 nitrogen and oxygen atoms in total. The van der Waals surface area contributed by atoms with Crippen LogP contribution in [0.15, 0.2) is 18.3 Å². The van der Waals surface area contributed by atoms with Gasteiger partial charge in [-0.1, -0.05) is 12.8 Å². The van der Waals surface area contributed by atoms with Crippen molar-refractivity contribution in [2.24, 2.45) is 0 Å². The van der Waals surface area contributed by atoms with E-state index >= 15 is 0 Å². The van der Waals surface area contributed by atoms with Gasteiger partial charge in [0.25, 0.3) is 0 Å². The molecule has 0 amide bonds. The van der Waals surface area contributed by atoms with Gasteiger partial charge in [0.15, 0.2) is 0 Å². The molecule has 104 valence electrons. The molecule has 2 aliphatic rings. The highest BCUT2D eigenvalue weighted by Gasteiger charge is 2.21. The van der Waals surface area contributed by atoms with Crippen LogP contribution in [0.3, 0.4) is 0 Å². The molecular formula is C15H24N4. The minimum absolute atomic E-state index is 0.624. The van der Waals surface area contributed by atoms with Crippen molar-refractivity contribution in [1.29, 1.82) is 0 Å². The number of rotatable bonds is 4. The van der Waals surface area contributed by atoms with E-state index in [1.807, 2.05) is 13.2 Å². The molecule has 3 rings (SSSR count). The molecule has 19 heavy (non-hydrogen) atoms. The Labute approximate surface area is 115 Å². The van der Waals surface area contributed by atoms with Gasteiger partial charge in [0.2, 0.25) is 0 Å². The van der Waals surface area contributed by atoms with Crippen molar-refractivity contribution in [2.45, 2.75) is 44.2 Å². The van der Waals surface area contributed by atoms with Crippen molar-refractivity contribution >= 4 is 11.5 Å². The number of nitrogens with zero attached hydrogens (tertiary/aromatic N) is 2. The molecule has 1 atom stereocenters. The number of likely N-dealkylation sites (N-methyl/N-ethyl adjacent to an activating group) is 1. The second-order valence-corrected chi connectivity index (χ2v) is 5.75. The minimum atomic E-state index is 0.624. The fourth-order valence-corrected chi connectivity index (χ4v) is 3.20. The molecule has 1 aliphatic heterocycles. The van der Waals surface area contributed by atoms with Crippen LogP contribution in [0.2, 0.25) is 0 Å². The first-order valence-corrected chi connectivity index (χ1v) is 7.50. The van der Waals surface area contributed by atoms with Gasteiger partial charge < -0.3 is 15.5 Å². The number of hydrogen-bond acceptors (Lipinski definition) is 4. The van der Waals surface area contributed by atoms with E-state index in [1.165, 1.54) is 37.8 Å². The Morgan fingerprint density at radius 3 is 2.79 bits per heavy atom. The predicted octanol–water partition coefficient (Wildman–Crippen LogP) is 2.23. The highest BCUT2D eigenvalue weighted by atomic mass is 15.2. The summed E-state index contributed by atoms with van der Waals surface area (Å²) in [6.45, 7) is 2.24. The summed E-state index contributed by atoms with van der Waals surface area (Å²) < 4.78 is 0. The average molecular weight is 260 g/mol. The van der Waals surface area contributed by atoms with E-state index in [0.717, 1.165) is 18.9 Å². The van der Waals surface area contributed by atoms with E-state index in [-0.39, 0.29) is 0 Å². The quantitative estimate of drug-likeness (QED) is 0.871. The fourth-order valence-electron chi connectivity index (χ4n) is 3.20. The van der Waals surface area contributed by atoms with Gasteiger partial charge in [-0.05, 0) is 32.4 Å². The molecule has 0 radical (unpaired) electrons. The van der Waals surface area contributed by atoms with E-state index in [4.69, 9.17) is 0 Å². The molecule has 1 aromatic rings. The Kier molecular flexibility index (Phi) is 3.87. The SMILES string of the molecule is CN[C@@H]1CCN(c2ccnc(NC3CCCC3)c2)C1. The van der Waals surface area contributed by atoms with Crippen molar-refractivity contribution in [3.63, 3.8) is 0 Å². The maximum atomic E-state index is 4.46. The highest BCUT2D eigenvalue weighted by molar-refractivity contribution is 5.55. The molecule has 0 unspecified atom stereocenters. The summed E-state index contributed by atoms with van der Waals surface area (Å²) in [5.74, 6) is 1.04. The molecule has 1 aromatic heterocycles. The third-order valence-electron chi connectivity index (χ3n) is 4.41. The number of hydrogen-bond donors (Lipinski definition) is 2. The predicted molar refractivity (Wildman–Crippen MR) is 79.8 cm³/mol. The lowest BCUT2D eigenvalue weighted by Gasteiger charge is -2.20. The van der Waals surface area contributed by atoms with Gasteiger partial charge in [0.05, 0.1) is 0 Å². The molecular weight excluding hydrogens is 236 g/mol. The van der Waals surface area contributed by atoms with Crippen LogP contribution in [0.25, 0.3) is 0 Å². The lowest BCUT2D eigenvalue weighted by atomic mass is 10.2. The Hall–Kier alpha value is -1.29. The first kappa shape index (κ1) is 12.7. The number of aromatic nitrogens is 1. The fraction of sp³-hybridized carbons (Fsp3) is 0.667. The molecule has 1 aliphatic carbocycles. The van der Waals surface area contributed by atoms with E-state index in [9.17, 15) is 0 Å². The van der Waals surface area contributed by atoms with Crippen molar-refractivity contribution in [3.8, 4) is 0 Å². The number of pyridine rings is 1. The van der Waals surface area contributed by atoms with Gasteiger partial charge in [0, 0.05) is 43.1 Å². The van der Waals surface area contributed by atoms with Crippen LogP contribution in [0.1, 0.15) is 32.1 Å². The van der Waals surface area contributed by atoms with Crippen LogP contribution in [-0.4, -0.2) is 37.2 Å². The number of nitrogens with one attached hydrogen (secondary N) is 2. The van der Waals surface area contributed by atoms with Crippen molar-refractivity contribution in [2.75, 3.05) is 30.4 Å². The minimum Gasteiger partial charge on any atom is -0.370 e. The second kappa shape index (κ2) is 5.78. The molecule has 0 aromatic carbocycles. The van der Waals surface area contributed by atoms with E-state index in [2.05, 4.69) is 32.7 Å². The Balaban J connectivity index is 1.65. The maximum absolute atomic E-state index is 4.46. The standard InChI is InChI=1S/C15H24N4/c1-16-13-7-9-19(11-13)14-6-8-17-15(10-14)18-12-4-2-3-5-12/h6,8,10,12-13,16H,2-5,7,9,11H2,1H3,(H,17,18)/t13-/m1/s1. The van der Waals surface area contributed by atoms with Gasteiger partial charge in [-0.25, -0.2) is 4.98 Å². The highest BCUT2D eigenvalue weighted by Crippen LogP contribution is 2.25. The summed E-state index contributed by atoms with van der Waals surface area (Å²) in [7, 11) is 2.05. The van der Waals surface area contributed by atoms with E-state index in [0.29, 0.717) is 12.1 Å². The molecule has 2 N–H and O–H groups in total. The topological polar surface area (TPSA) is 40.2 Å². The molecule has 2 fully saturated rings. The molecule has 0 bridgehead atoms. The molecule has 1 saturated heterocycles. The largest absolute Gasteiger partial charge is 0.370 e. The molecule has 4 heteroatoms. The summed E-state index contributed by atoms with van der Waals surface area (Å²) in [6.07, 6.45) is 8.44. The Morgan fingerprint density at radius 1 is 1.21 bits per heavy atom. The van der Waals surface area contributed by atoms with Crippen molar-refractivity contribution in [1.82, 2.24) is 10.3 Å². The van der Waals surface area contributed by atoms with Crippen LogP contribution >= 0.6 is 0 Å². The van der Waals surface area contributed by atoms with Crippen LogP contribution in [0.5, 0.6) is 0 Å². The molecule has 0 spiro atoms. The lowest BCUT2D eigenvalue weighted by Crippen LogP contribution is -2.29. The van der Waals surface area contributed by atoms with Crippen molar-refractivity contribution in [3.05, 3.63) is 18.3 Å². The summed E-state index contributed by atoms with van der Waals surface area (Å²) in [5.41, 5.74) is 1.30.